The molecular formula is C27H38N4O5S2. The number of hydrogen-bond donors (Lipinski definition) is 3. The van der Waals surface area contributed by atoms with Gasteiger partial charge in [-0.3, -0.25) is 4.79 Å². The second kappa shape index (κ2) is 10.3. The molecule has 1 saturated heterocycles. The van der Waals surface area contributed by atoms with Gasteiger partial charge < -0.3 is 10.2 Å². The van der Waals surface area contributed by atoms with Gasteiger partial charge in [0.2, 0.25) is 20.0 Å². The number of sulfonamides is 2. The minimum atomic E-state index is -3.79. The first-order chi connectivity index (χ1) is 17.6. The Balaban J connectivity index is 1.68. The van der Waals surface area contributed by atoms with Crippen molar-refractivity contribution in [3.8, 4) is 0 Å². The SMILES string of the molecule is CCNS(=O)(=O)c1cc(C)c(C(=O)Nc2cccc(S(=O)(=O)NC(C)(C)C)c2)c(N2CCC3(CC2)CC3)c1. The lowest BCUT2D eigenvalue weighted by atomic mass is 9.92. The fourth-order valence-corrected chi connectivity index (χ4v) is 7.61. The van der Waals surface area contributed by atoms with Crippen LogP contribution in [-0.4, -0.2) is 47.9 Å². The highest BCUT2D eigenvalue weighted by molar-refractivity contribution is 7.89. The summed E-state index contributed by atoms with van der Waals surface area (Å²) < 4.78 is 56.5. The molecule has 0 atom stereocenters. The third-order valence-corrected chi connectivity index (χ3v) is 10.4. The van der Waals surface area contributed by atoms with E-state index in [1.165, 1.54) is 31.0 Å². The number of amides is 1. The fraction of sp³-hybridized carbons (Fsp3) is 0.519. The molecule has 2 aromatic rings. The molecule has 2 aromatic carbocycles. The Morgan fingerprint density at radius 1 is 0.947 bits per heavy atom. The standard InChI is InChI=1S/C27H38N4O5S2/c1-6-28-37(33,34)22-16-19(2)24(23(18-22)31-14-12-27(10-11-27)13-15-31)25(32)29-20-8-7-9-21(17-20)38(35,36)30-26(3,4)5/h7-9,16-18,28,30H,6,10-15H2,1-5H3,(H,29,32). The number of nitrogens with one attached hydrogen (secondary N) is 3. The van der Waals surface area contributed by atoms with Gasteiger partial charge in [-0.1, -0.05) is 13.0 Å². The molecule has 3 N–H and O–H groups in total. The maximum Gasteiger partial charge on any atom is 0.258 e. The first-order valence-corrected chi connectivity index (χ1v) is 16.0. The number of anilines is 2. The highest BCUT2D eigenvalue weighted by Gasteiger charge is 2.45. The summed E-state index contributed by atoms with van der Waals surface area (Å²) >= 11 is 0. The van der Waals surface area contributed by atoms with Crippen LogP contribution in [0.5, 0.6) is 0 Å². The molecule has 0 aromatic heterocycles. The van der Waals surface area contributed by atoms with E-state index in [9.17, 15) is 21.6 Å². The molecule has 1 amide bonds. The molecule has 1 saturated carbocycles. The van der Waals surface area contributed by atoms with Crippen LogP contribution in [0.4, 0.5) is 11.4 Å². The van der Waals surface area contributed by atoms with E-state index >= 15 is 0 Å². The number of carbonyl (C=O) groups excluding carboxylic acids is 1. The Kier molecular flexibility index (Phi) is 7.70. The Bertz CT molecular complexity index is 1430. The van der Waals surface area contributed by atoms with Gasteiger partial charge in [-0.15, -0.1) is 0 Å². The van der Waals surface area contributed by atoms with Gasteiger partial charge in [0, 0.05) is 30.9 Å². The Labute approximate surface area is 226 Å². The zero-order chi connectivity index (χ0) is 27.9. The maximum atomic E-state index is 13.6. The summed E-state index contributed by atoms with van der Waals surface area (Å²) in [4.78, 5) is 15.9. The molecular weight excluding hydrogens is 524 g/mol. The molecule has 11 heteroatoms. The fourth-order valence-electron chi connectivity index (χ4n) is 5.00. The summed E-state index contributed by atoms with van der Waals surface area (Å²) in [6.45, 7) is 10.5. The number of hydrogen-bond acceptors (Lipinski definition) is 6. The molecule has 1 aliphatic carbocycles. The van der Waals surface area contributed by atoms with E-state index in [0.29, 0.717) is 27.9 Å². The van der Waals surface area contributed by atoms with Crippen LogP contribution in [-0.2, 0) is 20.0 Å². The lowest BCUT2D eigenvalue weighted by Gasteiger charge is -2.35. The van der Waals surface area contributed by atoms with E-state index < -0.39 is 31.5 Å². The van der Waals surface area contributed by atoms with Crippen LogP contribution in [0.15, 0.2) is 46.2 Å². The van der Waals surface area contributed by atoms with Crippen molar-refractivity contribution < 1.29 is 21.6 Å². The van der Waals surface area contributed by atoms with Crippen molar-refractivity contribution in [2.24, 2.45) is 5.41 Å². The Hall–Kier alpha value is -2.47. The molecule has 38 heavy (non-hydrogen) atoms. The molecule has 4 rings (SSSR count). The van der Waals surface area contributed by atoms with Crippen molar-refractivity contribution >= 4 is 37.3 Å². The van der Waals surface area contributed by atoms with Gasteiger partial charge in [0.1, 0.15) is 0 Å². The number of nitrogens with zero attached hydrogens (tertiary/aromatic N) is 1. The van der Waals surface area contributed by atoms with Crippen molar-refractivity contribution in [3.63, 3.8) is 0 Å². The van der Waals surface area contributed by atoms with E-state index in [1.54, 1.807) is 52.8 Å². The van der Waals surface area contributed by atoms with E-state index in [0.717, 1.165) is 25.9 Å². The van der Waals surface area contributed by atoms with Gasteiger partial charge in [-0.2, -0.15) is 0 Å². The summed E-state index contributed by atoms with van der Waals surface area (Å²) in [5.74, 6) is -0.421. The predicted octanol–water partition coefficient (Wildman–Crippen LogP) is 4.00. The summed E-state index contributed by atoms with van der Waals surface area (Å²) in [6, 6.07) is 9.19. The molecule has 208 valence electrons. The van der Waals surface area contributed by atoms with Crippen molar-refractivity contribution in [2.45, 2.75) is 75.6 Å². The van der Waals surface area contributed by atoms with Crippen LogP contribution in [0.3, 0.4) is 0 Å². The quantitative estimate of drug-likeness (QED) is 0.447. The molecule has 1 aliphatic heterocycles. The molecule has 2 fully saturated rings. The summed E-state index contributed by atoms with van der Waals surface area (Å²) in [5.41, 5.74) is 1.57. The molecule has 9 nitrogen and oxygen atoms in total. The van der Waals surface area contributed by atoms with Crippen LogP contribution in [0.25, 0.3) is 0 Å². The van der Waals surface area contributed by atoms with Crippen LogP contribution >= 0.6 is 0 Å². The number of piperidine rings is 1. The molecule has 0 radical (unpaired) electrons. The molecule has 0 unspecified atom stereocenters. The number of carbonyl (C=O) groups is 1. The van der Waals surface area contributed by atoms with Crippen molar-refractivity contribution in [3.05, 3.63) is 47.5 Å². The van der Waals surface area contributed by atoms with Crippen molar-refractivity contribution in [1.29, 1.82) is 0 Å². The highest BCUT2D eigenvalue weighted by Crippen LogP contribution is 2.54. The van der Waals surface area contributed by atoms with Gasteiger partial charge in [0.15, 0.2) is 0 Å². The normalized spacial score (nSPS) is 17.4. The monoisotopic (exact) mass is 562 g/mol. The summed E-state index contributed by atoms with van der Waals surface area (Å²) in [6.07, 6.45) is 4.48. The topological polar surface area (TPSA) is 125 Å². The smallest absolute Gasteiger partial charge is 0.258 e. The highest BCUT2D eigenvalue weighted by atomic mass is 32.2. The Morgan fingerprint density at radius 2 is 1.61 bits per heavy atom. The van der Waals surface area contributed by atoms with Gasteiger partial charge in [0.05, 0.1) is 21.0 Å². The number of aryl methyl sites for hydroxylation is 1. The minimum absolute atomic E-state index is 0.0417. The second-order valence-corrected chi connectivity index (χ2v) is 14.9. The average Bonchev–Trinajstić information content (AvgIpc) is 3.56. The van der Waals surface area contributed by atoms with E-state index in [1.807, 2.05) is 0 Å². The molecule has 1 spiro atoms. The van der Waals surface area contributed by atoms with Crippen molar-refractivity contribution in [2.75, 3.05) is 29.9 Å². The van der Waals surface area contributed by atoms with E-state index in [2.05, 4.69) is 19.7 Å². The lowest BCUT2D eigenvalue weighted by molar-refractivity contribution is 0.102. The van der Waals surface area contributed by atoms with Crippen molar-refractivity contribution in [1.82, 2.24) is 9.44 Å². The van der Waals surface area contributed by atoms with Gasteiger partial charge in [-0.05, 0) is 94.7 Å². The first-order valence-electron chi connectivity index (χ1n) is 13.0. The van der Waals surface area contributed by atoms with Crippen LogP contribution in [0.1, 0.15) is 69.3 Å². The van der Waals surface area contributed by atoms with Gasteiger partial charge >= 0.3 is 0 Å². The summed E-state index contributed by atoms with van der Waals surface area (Å²) in [7, 11) is -7.52. The molecule has 1 heterocycles. The largest absolute Gasteiger partial charge is 0.371 e. The first kappa shape index (κ1) is 28.5. The Morgan fingerprint density at radius 3 is 2.18 bits per heavy atom. The number of benzene rings is 2. The third kappa shape index (κ3) is 6.39. The van der Waals surface area contributed by atoms with Crippen LogP contribution in [0.2, 0.25) is 0 Å². The predicted molar refractivity (Wildman–Crippen MR) is 150 cm³/mol. The lowest BCUT2D eigenvalue weighted by Crippen LogP contribution is -2.40. The minimum Gasteiger partial charge on any atom is -0.371 e. The van der Waals surface area contributed by atoms with Gasteiger partial charge in [-0.25, -0.2) is 26.3 Å². The zero-order valence-electron chi connectivity index (χ0n) is 22.7. The average molecular weight is 563 g/mol. The van der Waals surface area contributed by atoms with Crippen LogP contribution < -0.4 is 19.7 Å². The van der Waals surface area contributed by atoms with E-state index in [4.69, 9.17) is 0 Å². The molecule has 2 aliphatic rings. The zero-order valence-corrected chi connectivity index (χ0v) is 24.4. The number of rotatable bonds is 8. The maximum absolute atomic E-state index is 13.6. The molecule has 0 bridgehead atoms. The third-order valence-electron chi connectivity index (χ3n) is 7.12. The van der Waals surface area contributed by atoms with Crippen LogP contribution in [0, 0.1) is 12.3 Å². The van der Waals surface area contributed by atoms with E-state index in [-0.39, 0.29) is 16.3 Å². The second-order valence-electron chi connectivity index (χ2n) is 11.5. The summed E-state index contributed by atoms with van der Waals surface area (Å²) in [5, 5.41) is 2.84. The van der Waals surface area contributed by atoms with Gasteiger partial charge in [0.25, 0.3) is 5.91 Å².